The Morgan fingerprint density at radius 1 is 1.44 bits per heavy atom. The fraction of sp³-hybridized carbons (Fsp3) is 0.833. The van der Waals surface area contributed by atoms with Gasteiger partial charge in [-0.3, -0.25) is 9.59 Å². The van der Waals surface area contributed by atoms with Crippen molar-refractivity contribution >= 4 is 11.9 Å². The summed E-state index contributed by atoms with van der Waals surface area (Å²) in [5.41, 5.74) is -0.364. The Morgan fingerprint density at radius 2 is 2.12 bits per heavy atom. The van der Waals surface area contributed by atoms with Gasteiger partial charge >= 0.3 is 11.9 Å². The van der Waals surface area contributed by atoms with Crippen molar-refractivity contribution in [2.45, 2.75) is 46.0 Å². The van der Waals surface area contributed by atoms with Crippen LogP contribution in [0.5, 0.6) is 0 Å². The molecule has 4 nitrogen and oxygen atoms in total. The predicted molar refractivity (Wildman–Crippen MR) is 59.0 cm³/mol. The second kappa shape index (κ2) is 5.32. The van der Waals surface area contributed by atoms with E-state index < -0.39 is 5.97 Å². The molecule has 1 rings (SSSR count). The minimum atomic E-state index is -0.821. The van der Waals surface area contributed by atoms with Crippen molar-refractivity contribution in [2.75, 3.05) is 6.61 Å². The van der Waals surface area contributed by atoms with Crippen LogP contribution < -0.4 is 0 Å². The molecular formula is C12H20O4. The van der Waals surface area contributed by atoms with Gasteiger partial charge in [0.25, 0.3) is 0 Å². The molecule has 1 fully saturated rings. The number of ether oxygens (including phenoxy) is 1. The average Bonchev–Trinajstić information content (AvgIpc) is 2.46. The maximum atomic E-state index is 11.5. The molecule has 0 bridgehead atoms. The number of hydrogen-bond donors (Lipinski definition) is 1. The molecule has 0 saturated heterocycles. The van der Waals surface area contributed by atoms with Crippen LogP contribution in [0.15, 0.2) is 0 Å². The molecule has 92 valence electrons. The third-order valence-electron chi connectivity index (χ3n) is 3.30. The Balaban J connectivity index is 2.64. The molecular weight excluding hydrogens is 208 g/mol. The molecule has 2 unspecified atom stereocenters. The quantitative estimate of drug-likeness (QED) is 0.733. The lowest BCUT2D eigenvalue weighted by molar-refractivity contribution is -0.147. The van der Waals surface area contributed by atoms with Crippen LogP contribution in [0, 0.1) is 11.3 Å². The van der Waals surface area contributed by atoms with Crippen LogP contribution in [-0.2, 0) is 14.3 Å². The van der Waals surface area contributed by atoms with E-state index >= 15 is 0 Å². The number of hydrogen-bond acceptors (Lipinski definition) is 3. The summed E-state index contributed by atoms with van der Waals surface area (Å²) < 4.78 is 4.91. The van der Waals surface area contributed by atoms with Crippen LogP contribution in [0.1, 0.15) is 46.0 Å². The minimum Gasteiger partial charge on any atom is -0.481 e. The topological polar surface area (TPSA) is 63.6 Å². The molecule has 0 amide bonds. The van der Waals surface area contributed by atoms with Gasteiger partial charge in [-0.25, -0.2) is 0 Å². The lowest BCUT2D eigenvalue weighted by Gasteiger charge is -2.26. The second-order valence-corrected chi connectivity index (χ2v) is 4.90. The lowest BCUT2D eigenvalue weighted by Crippen LogP contribution is -2.26. The highest BCUT2D eigenvalue weighted by molar-refractivity contribution is 5.73. The fourth-order valence-electron chi connectivity index (χ4n) is 2.72. The van der Waals surface area contributed by atoms with E-state index in [1.54, 1.807) is 6.92 Å². The van der Waals surface area contributed by atoms with Crippen molar-refractivity contribution in [2.24, 2.45) is 11.3 Å². The smallest absolute Gasteiger partial charge is 0.306 e. The van der Waals surface area contributed by atoms with Crippen LogP contribution in [0.3, 0.4) is 0 Å². The highest BCUT2D eigenvalue weighted by atomic mass is 16.5. The minimum absolute atomic E-state index is 0.0795. The number of carboxylic acids is 1. The van der Waals surface area contributed by atoms with Crippen LogP contribution in [0.2, 0.25) is 0 Å². The number of esters is 1. The van der Waals surface area contributed by atoms with E-state index in [4.69, 9.17) is 9.84 Å². The van der Waals surface area contributed by atoms with Crippen molar-refractivity contribution in [1.29, 1.82) is 0 Å². The SMILES string of the molecule is CCOC(=O)CC1(CC(=O)O)CCC(C)C1. The third kappa shape index (κ3) is 3.51. The number of carbonyl (C=O) groups excluding carboxylic acids is 1. The van der Waals surface area contributed by atoms with Gasteiger partial charge in [0.1, 0.15) is 0 Å². The molecule has 0 aromatic rings. The number of carbonyl (C=O) groups is 2. The molecule has 0 aliphatic heterocycles. The summed E-state index contributed by atoms with van der Waals surface area (Å²) in [5, 5.41) is 8.92. The normalized spacial score (nSPS) is 29.0. The summed E-state index contributed by atoms with van der Waals surface area (Å²) in [5.74, 6) is -0.579. The molecule has 4 heteroatoms. The molecule has 0 radical (unpaired) electrons. The third-order valence-corrected chi connectivity index (χ3v) is 3.30. The summed E-state index contributed by atoms with van der Waals surface area (Å²) in [4.78, 5) is 22.3. The van der Waals surface area contributed by atoms with E-state index in [1.807, 2.05) is 0 Å². The van der Waals surface area contributed by atoms with E-state index in [9.17, 15) is 9.59 Å². The van der Waals surface area contributed by atoms with Crippen LogP contribution in [0.25, 0.3) is 0 Å². The summed E-state index contributed by atoms with van der Waals surface area (Å²) >= 11 is 0. The Bertz CT molecular complexity index is 274. The molecule has 0 aromatic heterocycles. The zero-order valence-electron chi connectivity index (χ0n) is 9.99. The van der Waals surface area contributed by atoms with E-state index in [0.29, 0.717) is 12.5 Å². The van der Waals surface area contributed by atoms with Crippen LogP contribution >= 0.6 is 0 Å². The van der Waals surface area contributed by atoms with Gasteiger partial charge in [0.15, 0.2) is 0 Å². The van der Waals surface area contributed by atoms with Gasteiger partial charge in [0.05, 0.1) is 19.4 Å². The first-order chi connectivity index (χ1) is 7.47. The first kappa shape index (κ1) is 13.0. The van der Waals surface area contributed by atoms with Crippen molar-refractivity contribution in [3.8, 4) is 0 Å². The predicted octanol–water partition coefficient (Wildman–Crippen LogP) is 2.22. The first-order valence-electron chi connectivity index (χ1n) is 5.85. The largest absolute Gasteiger partial charge is 0.481 e. The Morgan fingerprint density at radius 3 is 2.56 bits per heavy atom. The van der Waals surface area contributed by atoms with E-state index in [1.165, 1.54) is 0 Å². The molecule has 1 aliphatic carbocycles. The molecule has 0 aromatic carbocycles. The van der Waals surface area contributed by atoms with Gasteiger partial charge < -0.3 is 9.84 Å². The summed E-state index contributed by atoms with van der Waals surface area (Å²) in [6.07, 6.45) is 2.97. The fourth-order valence-corrected chi connectivity index (χ4v) is 2.72. The molecule has 0 spiro atoms. The van der Waals surface area contributed by atoms with Gasteiger partial charge in [-0.15, -0.1) is 0 Å². The molecule has 2 atom stereocenters. The number of aliphatic carboxylic acids is 1. The zero-order valence-corrected chi connectivity index (χ0v) is 9.99. The van der Waals surface area contributed by atoms with Gasteiger partial charge in [0, 0.05) is 0 Å². The van der Waals surface area contributed by atoms with Gasteiger partial charge in [0.2, 0.25) is 0 Å². The molecule has 1 N–H and O–H groups in total. The van der Waals surface area contributed by atoms with Gasteiger partial charge in [-0.05, 0) is 31.1 Å². The Kier molecular flexibility index (Phi) is 4.33. The molecule has 1 saturated carbocycles. The maximum Gasteiger partial charge on any atom is 0.306 e. The zero-order chi connectivity index (χ0) is 12.2. The summed E-state index contributed by atoms with van der Waals surface area (Å²) in [6, 6.07) is 0. The summed E-state index contributed by atoms with van der Waals surface area (Å²) in [6.45, 7) is 4.23. The second-order valence-electron chi connectivity index (χ2n) is 4.90. The highest BCUT2D eigenvalue weighted by Crippen LogP contribution is 2.47. The van der Waals surface area contributed by atoms with Crippen molar-refractivity contribution < 1.29 is 19.4 Å². The lowest BCUT2D eigenvalue weighted by atomic mass is 9.79. The average molecular weight is 228 g/mol. The molecule has 1 aliphatic rings. The molecule has 0 heterocycles. The van der Waals surface area contributed by atoms with Crippen molar-refractivity contribution in [3.05, 3.63) is 0 Å². The Hall–Kier alpha value is -1.06. The van der Waals surface area contributed by atoms with Crippen molar-refractivity contribution in [3.63, 3.8) is 0 Å². The monoisotopic (exact) mass is 228 g/mol. The van der Waals surface area contributed by atoms with Gasteiger partial charge in [-0.2, -0.15) is 0 Å². The number of carboxylic acid groups (broad SMARTS) is 1. The van der Waals surface area contributed by atoms with E-state index in [0.717, 1.165) is 19.3 Å². The summed E-state index contributed by atoms with van der Waals surface area (Å²) in [7, 11) is 0. The standard InChI is InChI=1S/C12H20O4/c1-3-16-11(15)8-12(7-10(13)14)5-4-9(2)6-12/h9H,3-8H2,1-2H3,(H,13,14). The number of rotatable bonds is 5. The van der Waals surface area contributed by atoms with Crippen molar-refractivity contribution in [1.82, 2.24) is 0 Å². The Labute approximate surface area is 96.0 Å². The van der Waals surface area contributed by atoms with Crippen LogP contribution in [0.4, 0.5) is 0 Å². The maximum absolute atomic E-state index is 11.5. The van der Waals surface area contributed by atoms with E-state index in [-0.39, 0.29) is 24.2 Å². The highest BCUT2D eigenvalue weighted by Gasteiger charge is 2.41. The molecule has 16 heavy (non-hydrogen) atoms. The van der Waals surface area contributed by atoms with E-state index in [2.05, 4.69) is 6.92 Å². The van der Waals surface area contributed by atoms with Crippen LogP contribution in [-0.4, -0.2) is 23.7 Å². The first-order valence-corrected chi connectivity index (χ1v) is 5.85. The van der Waals surface area contributed by atoms with Gasteiger partial charge in [-0.1, -0.05) is 13.3 Å².